The van der Waals surface area contributed by atoms with E-state index in [1.165, 1.54) is 0 Å². The monoisotopic (exact) mass is 341 g/mol. The minimum absolute atomic E-state index is 0.454. The number of piperazine rings is 1. The summed E-state index contributed by atoms with van der Waals surface area (Å²) in [4.78, 5) is 5.25. The molecule has 1 saturated heterocycles. The Hall–Kier alpha value is -0.650. The highest BCUT2D eigenvalue weighted by molar-refractivity contribution is 9.10. The molecular formula is C14H20BrN3S. The number of nitrogens with zero attached hydrogens (tertiary/aromatic N) is 2. The van der Waals surface area contributed by atoms with Crippen LogP contribution in [-0.4, -0.2) is 42.1 Å². The summed E-state index contributed by atoms with van der Waals surface area (Å²) in [5.74, 6) is 0. The average Bonchev–Trinajstić information content (AvgIpc) is 2.35. The molecule has 1 aliphatic rings. The summed E-state index contributed by atoms with van der Waals surface area (Å²) in [5.41, 5.74) is 7.95. The molecular weight excluding hydrogens is 322 g/mol. The number of hydrogen-bond acceptors (Lipinski definition) is 3. The third kappa shape index (κ3) is 3.09. The van der Waals surface area contributed by atoms with E-state index in [0.717, 1.165) is 28.8 Å². The lowest BCUT2D eigenvalue weighted by Gasteiger charge is -2.44. The van der Waals surface area contributed by atoms with Gasteiger partial charge in [0.05, 0.1) is 0 Å². The summed E-state index contributed by atoms with van der Waals surface area (Å²) in [6.07, 6.45) is 0. The van der Waals surface area contributed by atoms with E-state index < -0.39 is 0 Å². The first-order chi connectivity index (χ1) is 8.90. The molecule has 104 valence electrons. The van der Waals surface area contributed by atoms with E-state index in [-0.39, 0.29) is 0 Å². The molecule has 0 spiro atoms. The Bertz CT molecular complexity index is 480. The Morgan fingerprint density at radius 1 is 1.32 bits per heavy atom. The van der Waals surface area contributed by atoms with Gasteiger partial charge in [0.25, 0.3) is 0 Å². The SMILES string of the molecule is CC1CN(c2ccc(Br)cc2C(N)=S)CC(C)N1C. The number of hydrogen-bond donors (Lipinski definition) is 1. The number of likely N-dealkylation sites (N-methyl/N-ethyl adjacent to an activating group) is 1. The Morgan fingerprint density at radius 2 is 1.89 bits per heavy atom. The van der Waals surface area contributed by atoms with Gasteiger partial charge in [-0.3, -0.25) is 4.90 Å². The van der Waals surface area contributed by atoms with Gasteiger partial charge in [0, 0.05) is 40.9 Å². The zero-order valence-corrected chi connectivity index (χ0v) is 14.0. The standard InChI is InChI=1S/C14H20BrN3S/c1-9-7-18(8-10(2)17(9)3)13-5-4-11(15)6-12(13)14(16)19/h4-6,9-10H,7-8H2,1-3H3,(H2,16,19). The van der Waals surface area contributed by atoms with E-state index in [9.17, 15) is 0 Å². The van der Waals surface area contributed by atoms with Gasteiger partial charge in [0.1, 0.15) is 4.99 Å². The fourth-order valence-corrected chi connectivity index (χ4v) is 3.11. The summed E-state index contributed by atoms with van der Waals surface area (Å²) in [7, 11) is 2.18. The van der Waals surface area contributed by atoms with Gasteiger partial charge in [-0.2, -0.15) is 0 Å². The van der Waals surface area contributed by atoms with Crippen LogP contribution in [0.4, 0.5) is 5.69 Å². The van der Waals surface area contributed by atoms with E-state index in [1.807, 2.05) is 12.1 Å². The molecule has 2 N–H and O–H groups in total. The number of nitrogens with two attached hydrogens (primary N) is 1. The van der Waals surface area contributed by atoms with Gasteiger partial charge in [0.15, 0.2) is 0 Å². The molecule has 0 amide bonds. The first kappa shape index (κ1) is 14.8. The summed E-state index contributed by atoms with van der Waals surface area (Å²) in [6, 6.07) is 7.19. The van der Waals surface area contributed by atoms with E-state index in [2.05, 4.69) is 52.7 Å². The maximum absolute atomic E-state index is 5.86. The van der Waals surface area contributed by atoms with Gasteiger partial charge in [-0.1, -0.05) is 28.1 Å². The van der Waals surface area contributed by atoms with E-state index >= 15 is 0 Å². The molecule has 0 aromatic heterocycles. The highest BCUT2D eigenvalue weighted by atomic mass is 79.9. The lowest BCUT2D eigenvalue weighted by molar-refractivity contribution is 0.170. The lowest BCUT2D eigenvalue weighted by atomic mass is 10.1. The molecule has 0 bridgehead atoms. The first-order valence-electron chi connectivity index (χ1n) is 6.46. The van der Waals surface area contributed by atoms with Crippen molar-refractivity contribution >= 4 is 38.8 Å². The predicted molar refractivity (Wildman–Crippen MR) is 88.9 cm³/mol. The second kappa shape index (κ2) is 5.77. The van der Waals surface area contributed by atoms with Crippen LogP contribution >= 0.6 is 28.1 Å². The van der Waals surface area contributed by atoms with Gasteiger partial charge in [0.2, 0.25) is 0 Å². The topological polar surface area (TPSA) is 32.5 Å². The van der Waals surface area contributed by atoms with Crippen molar-refractivity contribution in [2.75, 3.05) is 25.0 Å². The molecule has 1 aromatic rings. The number of benzene rings is 1. The van der Waals surface area contributed by atoms with Gasteiger partial charge in [-0.15, -0.1) is 0 Å². The maximum atomic E-state index is 5.86. The van der Waals surface area contributed by atoms with Crippen molar-refractivity contribution in [3.63, 3.8) is 0 Å². The van der Waals surface area contributed by atoms with E-state index in [4.69, 9.17) is 18.0 Å². The highest BCUT2D eigenvalue weighted by Crippen LogP contribution is 2.27. The van der Waals surface area contributed by atoms with Crippen molar-refractivity contribution in [1.29, 1.82) is 0 Å². The molecule has 0 radical (unpaired) electrons. The summed E-state index contributed by atoms with van der Waals surface area (Å²) in [6.45, 7) is 6.50. The predicted octanol–water partition coefficient (Wildman–Crippen LogP) is 2.61. The van der Waals surface area contributed by atoms with Crippen LogP contribution in [0.15, 0.2) is 22.7 Å². The fourth-order valence-electron chi connectivity index (χ4n) is 2.58. The number of anilines is 1. The molecule has 1 aliphatic heterocycles. The summed E-state index contributed by atoms with van der Waals surface area (Å²) >= 11 is 8.66. The third-order valence-electron chi connectivity index (χ3n) is 3.92. The molecule has 0 saturated carbocycles. The van der Waals surface area contributed by atoms with Crippen LogP contribution in [0.25, 0.3) is 0 Å². The van der Waals surface area contributed by atoms with Crippen LogP contribution in [0.2, 0.25) is 0 Å². The van der Waals surface area contributed by atoms with E-state index in [0.29, 0.717) is 17.1 Å². The fraction of sp³-hybridized carbons (Fsp3) is 0.500. The Kier molecular flexibility index (Phi) is 4.48. The average molecular weight is 342 g/mol. The van der Waals surface area contributed by atoms with Crippen molar-refractivity contribution in [2.24, 2.45) is 5.73 Å². The minimum Gasteiger partial charge on any atom is -0.389 e. The Balaban J connectivity index is 2.34. The zero-order chi connectivity index (χ0) is 14.2. The first-order valence-corrected chi connectivity index (χ1v) is 7.66. The Labute approximate surface area is 128 Å². The van der Waals surface area contributed by atoms with Crippen LogP contribution in [0.5, 0.6) is 0 Å². The normalized spacial score (nSPS) is 24.5. The lowest BCUT2D eigenvalue weighted by Crippen LogP contribution is -2.55. The highest BCUT2D eigenvalue weighted by Gasteiger charge is 2.27. The van der Waals surface area contributed by atoms with Crippen molar-refractivity contribution in [3.8, 4) is 0 Å². The molecule has 5 heteroatoms. The molecule has 2 unspecified atom stereocenters. The largest absolute Gasteiger partial charge is 0.389 e. The van der Waals surface area contributed by atoms with Gasteiger partial charge < -0.3 is 10.6 Å². The molecule has 0 aliphatic carbocycles. The van der Waals surface area contributed by atoms with Gasteiger partial charge >= 0.3 is 0 Å². The number of rotatable bonds is 2. The zero-order valence-electron chi connectivity index (χ0n) is 11.6. The van der Waals surface area contributed by atoms with Crippen molar-refractivity contribution in [3.05, 3.63) is 28.2 Å². The van der Waals surface area contributed by atoms with Crippen molar-refractivity contribution in [1.82, 2.24) is 4.90 Å². The second-order valence-electron chi connectivity index (χ2n) is 5.29. The molecule has 1 aromatic carbocycles. The minimum atomic E-state index is 0.454. The second-order valence-corrected chi connectivity index (χ2v) is 6.65. The van der Waals surface area contributed by atoms with Crippen LogP contribution in [0.1, 0.15) is 19.4 Å². The van der Waals surface area contributed by atoms with Gasteiger partial charge in [-0.25, -0.2) is 0 Å². The maximum Gasteiger partial charge on any atom is 0.106 e. The molecule has 2 atom stereocenters. The molecule has 1 heterocycles. The number of halogens is 1. The summed E-state index contributed by atoms with van der Waals surface area (Å²) < 4.78 is 1.01. The molecule has 2 rings (SSSR count). The molecule has 3 nitrogen and oxygen atoms in total. The summed E-state index contributed by atoms with van der Waals surface area (Å²) in [5, 5.41) is 0. The quantitative estimate of drug-likeness (QED) is 0.838. The van der Waals surface area contributed by atoms with Gasteiger partial charge in [-0.05, 0) is 39.1 Å². The smallest absolute Gasteiger partial charge is 0.106 e. The van der Waals surface area contributed by atoms with Crippen LogP contribution < -0.4 is 10.6 Å². The van der Waals surface area contributed by atoms with Crippen LogP contribution in [0.3, 0.4) is 0 Å². The Morgan fingerprint density at radius 3 is 2.42 bits per heavy atom. The van der Waals surface area contributed by atoms with Crippen molar-refractivity contribution in [2.45, 2.75) is 25.9 Å². The molecule has 1 fully saturated rings. The van der Waals surface area contributed by atoms with Crippen molar-refractivity contribution < 1.29 is 0 Å². The number of thiocarbonyl (C=S) groups is 1. The van der Waals surface area contributed by atoms with Crippen LogP contribution in [0, 0.1) is 0 Å². The molecule has 19 heavy (non-hydrogen) atoms. The van der Waals surface area contributed by atoms with Crippen LogP contribution in [-0.2, 0) is 0 Å². The van der Waals surface area contributed by atoms with E-state index in [1.54, 1.807) is 0 Å². The third-order valence-corrected chi connectivity index (χ3v) is 4.64.